The molecule has 0 aliphatic carbocycles. The van der Waals surface area contributed by atoms with Gasteiger partial charge in [0.15, 0.2) is 11.5 Å². The first kappa shape index (κ1) is 16.7. The number of rotatable bonds is 5. The van der Waals surface area contributed by atoms with Crippen LogP contribution in [0.25, 0.3) is 11.0 Å². The number of fused-ring (bicyclic) bond motifs is 1. The van der Waals surface area contributed by atoms with Crippen molar-refractivity contribution in [3.05, 3.63) is 48.2 Å². The molecule has 2 aromatic heterocycles. The van der Waals surface area contributed by atoms with Gasteiger partial charge < -0.3 is 11.1 Å². The van der Waals surface area contributed by atoms with E-state index in [2.05, 4.69) is 20.3 Å². The maximum absolute atomic E-state index is 13.5. The Labute approximate surface area is 141 Å². The van der Waals surface area contributed by atoms with Crippen molar-refractivity contribution in [2.24, 2.45) is 0 Å². The number of aromatic nitrogens is 4. The summed E-state index contributed by atoms with van der Waals surface area (Å²) in [4.78, 5) is 24.1. The Bertz CT molecular complexity index is 911. The van der Waals surface area contributed by atoms with Crippen molar-refractivity contribution in [1.29, 1.82) is 0 Å². The van der Waals surface area contributed by atoms with E-state index in [1.54, 1.807) is 31.2 Å². The summed E-state index contributed by atoms with van der Waals surface area (Å²) in [5, 5.41) is 2.63. The lowest BCUT2D eigenvalue weighted by atomic mass is 10.1. The lowest BCUT2D eigenvalue weighted by Gasteiger charge is -2.15. The molecule has 1 atom stereocenters. The van der Waals surface area contributed by atoms with Crippen LogP contribution in [0.4, 0.5) is 14.6 Å². The minimum atomic E-state index is -2.73. The van der Waals surface area contributed by atoms with Crippen LogP contribution in [0.15, 0.2) is 36.7 Å². The standard InChI is InChI=1S/C16H16F2N6O/c1-9(8-22-15(25)12-13(19)21-7-6-20-12)14-23-10-4-2-3-5-11(10)24(14)16(17)18/h2-7,9,16H,8H2,1H3,(H2,19,21)(H,22,25)/t9-/m1/s1. The average molecular weight is 346 g/mol. The van der Waals surface area contributed by atoms with E-state index in [1.165, 1.54) is 12.4 Å². The van der Waals surface area contributed by atoms with Crippen LogP contribution in [-0.4, -0.2) is 32.0 Å². The number of nitrogens with two attached hydrogens (primary N) is 1. The van der Waals surface area contributed by atoms with Gasteiger partial charge in [-0.1, -0.05) is 19.1 Å². The quantitative estimate of drug-likeness (QED) is 0.739. The number of imidazole rings is 1. The lowest BCUT2D eigenvalue weighted by molar-refractivity contribution is 0.0704. The fraction of sp³-hybridized carbons (Fsp3) is 0.250. The van der Waals surface area contributed by atoms with Gasteiger partial charge in [0, 0.05) is 24.9 Å². The molecule has 0 saturated carbocycles. The zero-order valence-corrected chi connectivity index (χ0v) is 13.4. The van der Waals surface area contributed by atoms with Gasteiger partial charge >= 0.3 is 6.55 Å². The first-order valence-electron chi connectivity index (χ1n) is 7.58. The Morgan fingerprint density at radius 3 is 2.72 bits per heavy atom. The molecule has 130 valence electrons. The van der Waals surface area contributed by atoms with Crippen LogP contribution in [-0.2, 0) is 0 Å². The van der Waals surface area contributed by atoms with Crippen molar-refractivity contribution in [2.75, 3.05) is 12.3 Å². The number of nitrogen functional groups attached to an aromatic ring is 1. The molecule has 1 aromatic carbocycles. The second kappa shape index (κ2) is 6.80. The van der Waals surface area contributed by atoms with Crippen LogP contribution < -0.4 is 11.1 Å². The molecule has 2 heterocycles. The third kappa shape index (κ3) is 3.25. The smallest absolute Gasteiger partial charge is 0.320 e. The van der Waals surface area contributed by atoms with Crippen LogP contribution in [0.2, 0.25) is 0 Å². The molecule has 3 N–H and O–H groups in total. The van der Waals surface area contributed by atoms with Crippen LogP contribution >= 0.6 is 0 Å². The van der Waals surface area contributed by atoms with Gasteiger partial charge in [-0.25, -0.2) is 15.0 Å². The van der Waals surface area contributed by atoms with Gasteiger partial charge in [-0.3, -0.25) is 9.36 Å². The third-order valence-electron chi connectivity index (χ3n) is 3.77. The summed E-state index contributed by atoms with van der Waals surface area (Å²) in [6.07, 6.45) is 2.73. The molecule has 0 aliphatic heterocycles. The Morgan fingerprint density at radius 2 is 2.00 bits per heavy atom. The highest BCUT2D eigenvalue weighted by Gasteiger charge is 2.22. The average Bonchev–Trinajstić information content (AvgIpc) is 2.99. The number of halogens is 2. The number of anilines is 1. The topological polar surface area (TPSA) is 98.7 Å². The van der Waals surface area contributed by atoms with Crippen molar-refractivity contribution in [2.45, 2.75) is 19.4 Å². The maximum atomic E-state index is 13.5. The molecule has 0 aliphatic rings. The molecule has 25 heavy (non-hydrogen) atoms. The van der Waals surface area contributed by atoms with Crippen LogP contribution in [0.1, 0.15) is 35.7 Å². The van der Waals surface area contributed by atoms with Gasteiger partial charge in [0.2, 0.25) is 0 Å². The Morgan fingerprint density at radius 1 is 1.28 bits per heavy atom. The highest BCUT2D eigenvalue weighted by molar-refractivity contribution is 5.96. The number of alkyl halides is 2. The molecule has 0 spiro atoms. The third-order valence-corrected chi connectivity index (χ3v) is 3.77. The highest BCUT2D eigenvalue weighted by atomic mass is 19.3. The summed E-state index contributed by atoms with van der Waals surface area (Å²) >= 11 is 0. The molecule has 9 heteroatoms. The number of nitrogens with zero attached hydrogens (tertiary/aromatic N) is 4. The molecule has 0 saturated heterocycles. The van der Waals surface area contributed by atoms with E-state index >= 15 is 0 Å². The number of para-hydroxylation sites is 2. The molecular formula is C16H16F2N6O. The van der Waals surface area contributed by atoms with Gasteiger partial charge in [0.25, 0.3) is 5.91 Å². The van der Waals surface area contributed by atoms with Crippen molar-refractivity contribution in [1.82, 2.24) is 24.8 Å². The van der Waals surface area contributed by atoms with E-state index in [0.717, 1.165) is 4.57 Å². The molecule has 0 unspecified atom stereocenters. The Balaban J connectivity index is 1.81. The molecule has 3 rings (SSSR count). The second-order valence-electron chi connectivity index (χ2n) is 5.51. The molecule has 0 bridgehead atoms. The molecule has 0 fully saturated rings. The highest BCUT2D eigenvalue weighted by Crippen LogP contribution is 2.27. The number of carbonyl (C=O) groups excluding carboxylic acids is 1. The first-order valence-corrected chi connectivity index (χ1v) is 7.58. The summed E-state index contributed by atoms with van der Waals surface area (Å²) in [7, 11) is 0. The molecule has 3 aromatic rings. The predicted molar refractivity (Wildman–Crippen MR) is 88.2 cm³/mol. The fourth-order valence-electron chi connectivity index (χ4n) is 2.56. The monoisotopic (exact) mass is 346 g/mol. The molecular weight excluding hydrogens is 330 g/mol. The number of amides is 1. The number of nitrogens with one attached hydrogen (secondary N) is 1. The van der Waals surface area contributed by atoms with E-state index in [1.807, 2.05) is 0 Å². The maximum Gasteiger partial charge on any atom is 0.320 e. The number of carbonyl (C=O) groups is 1. The lowest BCUT2D eigenvalue weighted by Crippen LogP contribution is -2.30. The van der Waals surface area contributed by atoms with Gasteiger partial charge in [-0.15, -0.1) is 0 Å². The SMILES string of the molecule is C[C@H](CNC(=O)c1nccnc1N)c1nc2ccccc2n1C(F)F. The van der Waals surface area contributed by atoms with Crippen molar-refractivity contribution in [3.63, 3.8) is 0 Å². The van der Waals surface area contributed by atoms with Crippen molar-refractivity contribution >= 4 is 22.8 Å². The van der Waals surface area contributed by atoms with Crippen molar-refractivity contribution < 1.29 is 13.6 Å². The van der Waals surface area contributed by atoms with Crippen LogP contribution in [0.5, 0.6) is 0 Å². The number of hydrogen-bond acceptors (Lipinski definition) is 5. The van der Waals surface area contributed by atoms with E-state index in [0.29, 0.717) is 11.0 Å². The van der Waals surface area contributed by atoms with Gasteiger partial charge in [0.05, 0.1) is 11.0 Å². The zero-order valence-electron chi connectivity index (χ0n) is 13.4. The van der Waals surface area contributed by atoms with E-state index < -0.39 is 18.4 Å². The summed E-state index contributed by atoms with van der Waals surface area (Å²) in [5.74, 6) is -0.753. The number of hydrogen-bond donors (Lipinski definition) is 2. The molecule has 7 nitrogen and oxygen atoms in total. The Hall–Kier alpha value is -3.10. The van der Waals surface area contributed by atoms with E-state index in [4.69, 9.17) is 5.73 Å². The largest absolute Gasteiger partial charge is 0.382 e. The zero-order chi connectivity index (χ0) is 18.0. The number of benzene rings is 1. The van der Waals surface area contributed by atoms with E-state index in [-0.39, 0.29) is 23.9 Å². The summed E-state index contributed by atoms with van der Waals surface area (Å²) < 4.78 is 27.8. The van der Waals surface area contributed by atoms with Gasteiger partial charge in [-0.2, -0.15) is 8.78 Å². The minimum absolute atomic E-state index is 0.00272. The van der Waals surface area contributed by atoms with Crippen LogP contribution in [0.3, 0.4) is 0 Å². The fourth-order valence-corrected chi connectivity index (χ4v) is 2.56. The minimum Gasteiger partial charge on any atom is -0.382 e. The van der Waals surface area contributed by atoms with Crippen molar-refractivity contribution in [3.8, 4) is 0 Å². The summed E-state index contributed by atoms with van der Waals surface area (Å²) in [6.45, 7) is -0.915. The van der Waals surface area contributed by atoms with Gasteiger partial charge in [0.1, 0.15) is 5.82 Å². The summed E-state index contributed by atoms with van der Waals surface area (Å²) in [6, 6.07) is 6.67. The normalized spacial score (nSPS) is 12.5. The predicted octanol–water partition coefficient (Wildman–Crippen LogP) is 2.34. The molecule has 1 amide bonds. The van der Waals surface area contributed by atoms with Crippen LogP contribution in [0, 0.1) is 0 Å². The second-order valence-corrected chi connectivity index (χ2v) is 5.51. The first-order chi connectivity index (χ1) is 12.0. The Kier molecular flexibility index (Phi) is 4.55. The van der Waals surface area contributed by atoms with Gasteiger partial charge in [-0.05, 0) is 12.1 Å². The molecule has 0 radical (unpaired) electrons. The summed E-state index contributed by atoms with van der Waals surface area (Å²) in [5.41, 5.74) is 6.43. The van der Waals surface area contributed by atoms with E-state index in [9.17, 15) is 13.6 Å².